The molecule has 0 spiro atoms. The van der Waals surface area contributed by atoms with Crippen molar-refractivity contribution in [2.24, 2.45) is 28.6 Å². The van der Waals surface area contributed by atoms with Crippen molar-refractivity contribution in [3.8, 4) is 0 Å². The zero-order valence-corrected chi connectivity index (χ0v) is 16.7. The number of ketones is 2. The van der Waals surface area contributed by atoms with E-state index < -0.39 is 0 Å². The molecule has 0 aliphatic heterocycles. The molecule has 4 aliphatic rings. The van der Waals surface area contributed by atoms with Crippen LogP contribution in [-0.2, 0) is 19.1 Å². The molecule has 4 aliphatic carbocycles. The van der Waals surface area contributed by atoms with Crippen LogP contribution in [0.3, 0.4) is 0 Å². The number of hydrogen-bond acceptors (Lipinski definition) is 4. The monoisotopic (exact) mass is 370 g/mol. The molecule has 0 bridgehead atoms. The minimum absolute atomic E-state index is 0.0662. The Morgan fingerprint density at radius 3 is 2.70 bits per heavy atom. The summed E-state index contributed by atoms with van der Waals surface area (Å²) in [5.41, 5.74) is 2.30. The van der Waals surface area contributed by atoms with Crippen LogP contribution in [0, 0.1) is 28.6 Å². The van der Waals surface area contributed by atoms with Crippen LogP contribution in [0.25, 0.3) is 0 Å². The average molecular weight is 370 g/mol. The normalized spacial score (nSPS) is 42.3. The van der Waals surface area contributed by atoms with Gasteiger partial charge in [0.2, 0.25) is 0 Å². The van der Waals surface area contributed by atoms with Gasteiger partial charge in [0.05, 0.1) is 0 Å². The van der Waals surface area contributed by atoms with Crippen LogP contribution in [0.2, 0.25) is 0 Å². The Balaban J connectivity index is 1.64. The van der Waals surface area contributed by atoms with E-state index in [1.165, 1.54) is 18.1 Å². The second-order valence-corrected chi connectivity index (χ2v) is 9.47. The van der Waals surface area contributed by atoms with E-state index in [9.17, 15) is 14.4 Å². The first kappa shape index (κ1) is 18.6. The molecule has 0 aromatic rings. The van der Waals surface area contributed by atoms with Crippen molar-refractivity contribution in [1.82, 2.24) is 0 Å². The van der Waals surface area contributed by atoms with Gasteiger partial charge in [-0.05, 0) is 66.9 Å². The fourth-order valence-corrected chi connectivity index (χ4v) is 6.83. The fourth-order valence-electron chi connectivity index (χ4n) is 6.83. The summed E-state index contributed by atoms with van der Waals surface area (Å²) in [6, 6.07) is 0. The first-order chi connectivity index (χ1) is 12.8. The number of ether oxygens (including phenoxy) is 1. The summed E-state index contributed by atoms with van der Waals surface area (Å²) < 4.78 is 5.12. The van der Waals surface area contributed by atoms with Crippen LogP contribution in [0.4, 0.5) is 0 Å². The molecule has 0 radical (unpaired) electrons. The molecular formula is C23H30O4. The zero-order valence-electron chi connectivity index (χ0n) is 16.7. The smallest absolute Gasteiger partial charge is 0.302 e. The highest BCUT2D eigenvalue weighted by Gasteiger charge is 2.60. The van der Waals surface area contributed by atoms with Gasteiger partial charge in [-0.1, -0.05) is 25.0 Å². The van der Waals surface area contributed by atoms with Gasteiger partial charge in [0, 0.05) is 25.7 Å². The highest BCUT2D eigenvalue weighted by atomic mass is 16.5. The van der Waals surface area contributed by atoms with Crippen molar-refractivity contribution in [3.63, 3.8) is 0 Å². The SMILES string of the molecule is CC(=O)OC/C=C1\CC[C@@H]2[C@H]3CCC4=CC(=O)CC[C@]4(C)[C@@H]3C(=O)C[C@@]12C. The molecule has 0 saturated heterocycles. The minimum Gasteiger partial charge on any atom is -0.462 e. The van der Waals surface area contributed by atoms with E-state index in [-0.39, 0.29) is 28.5 Å². The van der Waals surface area contributed by atoms with E-state index in [4.69, 9.17) is 4.74 Å². The summed E-state index contributed by atoms with van der Waals surface area (Å²) in [7, 11) is 0. The largest absolute Gasteiger partial charge is 0.462 e. The Bertz CT molecular complexity index is 760. The molecule has 3 fully saturated rings. The molecule has 4 nitrogen and oxygen atoms in total. The molecule has 0 amide bonds. The molecule has 4 rings (SSSR count). The maximum atomic E-state index is 13.4. The Morgan fingerprint density at radius 1 is 1.19 bits per heavy atom. The van der Waals surface area contributed by atoms with Crippen LogP contribution < -0.4 is 0 Å². The van der Waals surface area contributed by atoms with E-state index in [2.05, 4.69) is 13.8 Å². The molecule has 4 heteroatoms. The maximum Gasteiger partial charge on any atom is 0.302 e. The third-order valence-corrected chi connectivity index (χ3v) is 8.12. The van der Waals surface area contributed by atoms with Gasteiger partial charge in [-0.15, -0.1) is 0 Å². The van der Waals surface area contributed by atoms with E-state index in [1.807, 2.05) is 12.2 Å². The first-order valence-electron chi connectivity index (χ1n) is 10.3. The molecule has 5 atom stereocenters. The second-order valence-electron chi connectivity index (χ2n) is 9.47. The maximum absolute atomic E-state index is 13.4. The second kappa shape index (κ2) is 6.42. The van der Waals surface area contributed by atoms with E-state index >= 15 is 0 Å². The predicted molar refractivity (Wildman–Crippen MR) is 102 cm³/mol. The summed E-state index contributed by atoms with van der Waals surface area (Å²) in [5, 5.41) is 0. The number of esters is 1. The number of fused-ring (bicyclic) bond motifs is 5. The van der Waals surface area contributed by atoms with Crippen molar-refractivity contribution in [2.45, 2.75) is 65.7 Å². The number of rotatable bonds is 2. The summed E-state index contributed by atoms with van der Waals surface area (Å²) in [6.07, 6.45) is 9.96. The molecule has 146 valence electrons. The Kier molecular flexibility index (Phi) is 4.44. The van der Waals surface area contributed by atoms with E-state index in [0.717, 1.165) is 32.1 Å². The van der Waals surface area contributed by atoms with Gasteiger partial charge >= 0.3 is 5.97 Å². The zero-order chi connectivity index (χ0) is 19.4. The number of allylic oxidation sites excluding steroid dienone is 2. The summed E-state index contributed by atoms with van der Waals surface area (Å²) >= 11 is 0. The molecule has 0 heterocycles. The van der Waals surface area contributed by atoms with Gasteiger partial charge in [0.1, 0.15) is 12.4 Å². The standard InChI is InChI=1S/C23H30O4/c1-14(24)27-11-9-15-5-7-19-18-6-4-16-12-17(25)8-10-22(16,2)21(18)20(26)13-23(15,19)3/h9,12,18-19,21H,4-8,10-11,13H2,1-3H3/b15-9+/t18-,19-,21+,22+,23+/m1/s1. The lowest BCUT2D eigenvalue weighted by Gasteiger charge is -2.56. The van der Waals surface area contributed by atoms with E-state index in [1.54, 1.807) is 0 Å². The van der Waals surface area contributed by atoms with Crippen LogP contribution in [0.15, 0.2) is 23.3 Å². The summed E-state index contributed by atoms with van der Waals surface area (Å²) in [6.45, 7) is 6.21. The Morgan fingerprint density at radius 2 is 1.96 bits per heavy atom. The first-order valence-corrected chi connectivity index (χ1v) is 10.3. The van der Waals surface area contributed by atoms with Gasteiger partial charge in [0.15, 0.2) is 5.78 Å². The third-order valence-electron chi connectivity index (χ3n) is 8.12. The van der Waals surface area contributed by atoms with Gasteiger partial charge in [-0.25, -0.2) is 0 Å². The van der Waals surface area contributed by atoms with Crippen molar-refractivity contribution in [3.05, 3.63) is 23.3 Å². The van der Waals surface area contributed by atoms with Gasteiger partial charge < -0.3 is 4.74 Å². The Hall–Kier alpha value is -1.71. The fraction of sp³-hybridized carbons (Fsp3) is 0.696. The van der Waals surface area contributed by atoms with Crippen LogP contribution in [0.5, 0.6) is 0 Å². The topological polar surface area (TPSA) is 60.4 Å². The molecule has 27 heavy (non-hydrogen) atoms. The highest BCUT2D eigenvalue weighted by molar-refractivity contribution is 5.93. The van der Waals surface area contributed by atoms with Crippen molar-refractivity contribution >= 4 is 17.5 Å². The van der Waals surface area contributed by atoms with Crippen molar-refractivity contribution in [1.29, 1.82) is 0 Å². The molecule has 0 unspecified atom stereocenters. The molecule has 3 saturated carbocycles. The summed E-state index contributed by atoms with van der Waals surface area (Å²) in [5.74, 6) is 1.33. The molecule has 0 aromatic heterocycles. The number of carbonyl (C=O) groups excluding carboxylic acids is 3. The highest BCUT2D eigenvalue weighted by Crippen LogP contribution is 2.65. The quantitative estimate of drug-likeness (QED) is 0.540. The van der Waals surface area contributed by atoms with Crippen molar-refractivity contribution < 1.29 is 19.1 Å². The number of Topliss-reactive ketones (excluding diaryl/α,β-unsaturated/α-hetero) is 1. The van der Waals surface area contributed by atoms with E-state index in [0.29, 0.717) is 37.1 Å². The Labute approximate surface area is 161 Å². The van der Waals surface area contributed by atoms with Gasteiger partial charge in [0.25, 0.3) is 0 Å². The lowest BCUT2D eigenvalue weighted by atomic mass is 9.47. The number of carbonyl (C=O) groups is 3. The average Bonchev–Trinajstić information content (AvgIpc) is 2.91. The third kappa shape index (κ3) is 2.83. The molecule has 0 N–H and O–H groups in total. The molecular weight excluding hydrogens is 340 g/mol. The minimum atomic E-state index is -0.266. The van der Waals surface area contributed by atoms with Gasteiger partial charge in [-0.3, -0.25) is 14.4 Å². The van der Waals surface area contributed by atoms with Crippen LogP contribution in [-0.4, -0.2) is 24.1 Å². The van der Waals surface area contributed by atoms with Gasteiger partial charge in [-0.2, -0.15) is 0 Å². The lowest BCUT2D eigenvalue weighted by molar-refractivity contribution is -0.143. The number of hydrogen-bond donors (Lipinski definition) is 0. The molecule has 0 aromatic carbocycles. The van der Waals surface area contributed by atoms with Crippen LogP contribution >= 0.6 is 0 Å². The summed E-state index contributed by atoms with van der Waals surface area (Å²) in [4.78, 5) is 36.4. The van der Waals surface area contributed by atoms with Crippen LogP contribution in [0.1, 0.15) is 65.7 Å². The lowest BCUT2D eigenvalue weighted by Crippen LogP contribution is -2.54. The van der Waals surface area contributed by atoms with Crippen molar-refractivity contribution in [2.75, 3.05) is 6.61 Å². The predicted octanol–water partition coefficient (Wildman–Crippen LogP) is 4.19.